The van der Waals surface area contributed by atoms with Crippen molar-refractivity contribution in [2.24, 2.45) is 0 Å². The van der Waals surface area contributed by atoms with Crippen LogP contribution in [0.25, 0.3) is 0 Å². The third-order valence-corrected chi connectivity index (χ3v) is 2.78. The summed E-state index contributed by atoms with van der Waals surface area (Å²) in [6.07, 6.45) is 4.00. The van der Waals surface area contributed by atoms with Crippen molar-refractivity contribution in [1.29, 1.82) is 0 Å². The first-order valence-electron chi connectivity index (χ1n) is 6.74. The van der Waals surface area contributed by atoms with Crippen LogP contribution in [0.5, 0.6) is 0 Å². The summed E-state index contributed by atoms with van der Waals surface area (Å²) < 4.78 is 6.18. The van der Waals surface area contributed by atoms with E-state index in [2.05, 4.69) is 23.5 Å². The highest BCUT2D eigenvalue weighted by Crippen LogP contribution is 2.19. The lowest BCUT2D eigenvalue weighted by Crippen LogP contribution is -2.42. The number of imidazole rings is 1. The van der Waals surface area contributed by atoms with Gasteiger partial charge in [-0.05, 0) is 4.92 Å². The molecule has 1 unspecified atom stereocenters. The summed E-state index contributed by atoms with van der Waals surface area (Å²) in [4.78, 5) is 37.8. The van der Waals surface area contributed by atoms with E-state index in [0.717, 1.165) is 0 Å². The molecular formula is C14H18N4O5. The zero-order valence-corrected chi connectivity index (χ0v) is 12.7. The van der Waals surface area contributed by atoms with Crippen molar-refractivity contribution in [3.8, 4) is 0 Å². The van der Waals surface area contributed by atoms with Gasteiger partial charge >= 0.3 is 11.8 Å². The Balaban J connectivity index is 3.04. The third-order valence-electron chi connectivity index (χ3n) is 2.78. The minimum absolute atomic E-state index is 0.0259. The molecule has 0 radical (unpaired) electrons. The first-order chi connectivity index (χ1) is 10.9. The summed E-state index contributed by atoms with van der Waals surface area (Å²) in [5.74, 6) is -1.43. The number of allylic oxidation sites excluding steroid dienone is 1. The Kier molecular flexibility index (Phi) is 6.66. The van der Waals surface area contributed by atoms with Crippen LogP contribution in [0.3, 0.4) is 0 Å². The zero-order valence-electron chi connectivity index (χ0n) is 12.7. The molecule has 9 nitrogen and oxygen atoms in total. The fourth-order valence-electron chi connectivity index (χ4n) is 1.92. The molecule has 9 heteroatoms. The van der Waals surface area contributed by atoms with E-state index in [4.69, 9.17) is 4.74 Å². The number of carbonyl (C=O) groups is 2. The van der Waals surface area contributed by atoms with Gasteiger partial charge in [0.25, 0.3) is 0 Å². The Morgan fingerprint density at radius 3 is 2.74 bits per heavy atom. The van der Waals surface area contributed by atoms with Gasteiger partial charge in [-0.2, -0.15) is 0 Å². The molecular weight excluding hydrogens is 304 g/mol. The number of hydrogen-bond acceptors (Lipinski definition) is 6. The molecule has 0 saturated heterocycles. The van der Waals surface area contributed by atoms with Gasteiger partial charge in [0.05, 0.1) is 0 Å². The molecule has 1 aromatic heterocycles. The first-order valence-corrected chi connectivity index (χ1v) is 6.74. The first kappa shape index (κ1) is 18.1. The Morgan fingerprint density at radius 2 is 2.22 bits per heavy atom. The summed E-state index contributed by atoms with van der Waals surface area (Å²) in [7, 11) is 0. The van der Waals surface area contributed by atoms with Crippen molar-refractivity contribution in [3.63, 3.8) is 0 Å². The van der Waals surface area contributed by atoms with Gasteiger partial charge in [-0.15, -0.1) is 0 Å². The highest BCUT2D eigenvalue weighted by molar-refractivity contribution is 5.83. The summed E-state index contributed by atoms with van der Waals surface area (Å²) >= 11 is 0. The van der Waals surface area contributed by atoms with E-state index in [9.17, 15) is 19.7 Å². The quantitative estimate of drug-likeness (QED) is 0.310. The predicted octanol–water partition coefficient (Wildman–Crippen LogP) is 0.754. The van der Waals surface area contributed by atoms with Crippen LogP contribution in [0, 0.1) is 10.1 Å². The van der Waals surface area contributed by atoms with E-state index in [1.54, 1.807) is 0 Å². The lowest BCUT2D eigenvalue weighted by atomic mass is 10.1. The molecule has 0 spiro atoms. The number of rotatable bonds is 9. The summed E-state index contributed by atoms with van der Waals surface area (Å²) in [6.45, 7) is 8.35. The summed E-state index contributed by atoms with van der Waals surface area (Å²) in [6, 6.07) is -1.07. The molecule has 0 saturated carbocycles. The van der Waals surface area contributed by atoms with Gasteiger partial charge in [0.1, 0.15) is 24.9 Å². The summed E-state index contributed by atoms with van der Waals surface area (Å²) in [5, 5.41) is 13.6. The SMILES string of the molecule is C=CCOC(=O)C(Cc1ncn(CC=C)c1[N+](=O)[O-])NC(C)=O. The molecule has 1 heterocycles. The molecule has 0 aliphatic carbocycles. The molecule has 0 fully saturated rings. The number of amides is 1. The van der Waals surface area contributed by atoms with Crippen molar-refractivity contribution >= 4 is 17.7 Å². The largest absolute Gasteiger partial charge is 0.460 e. The molecule has 1 amide bonds. The fraction of sp³-hybridized carbons (Fsp3) is 0.357. The van der Waals surface area contributed by atoms with Gasteiger partial charge in [0, 0.05) is 13.3 Å². The van der Waals surface area contributed by atoms with Crippen LogP contribution in [0.2, 0.25) is 0 Å². The van der Waals surface area contributed by atoms with Crippen LogP contribution >= 0.6 is 0 Å². The van der Waals surface area contributed by atoms with E-state index in [1.807, 2.05) is 0 Å². The number of nitrogens with one attached hydrogen (secondary N) is 1. The van der Waals surface area contributed by atoms with E-state index in [-0.39, 0.29) is 31.1 Å². The number of aromatic nitrogens is 2. The van der Waals surface area contributed by atoms with Gasteiger partial charge in [-0.3, -0.25) is 4.79 Å². The Labute approximate surface area is 132 Å². The minimum atomic E-state index is -1.07. The van der Waals surface area contributed by atoms with E-state index < -0.39 is 22.8 Å². The van der Waals surface area contributed by atoms with Gasteiger partial charge in [-0.25, -0.2) is 14.3 Å². The maximum Gasteiger partial charge on any atom is 0.346 e. The standard InChI is InChI=1S/C14H18N4O5/c1-4-6-17-9-15-11(13(17)18(21)22)8-12(16-10(3)19)14(20)23-7-5-2/h4-5,9,12H,1-2,6-8H2,3H3,(H,16,19). The highest BCUT2D eigenvalue weighted by atomic mass is 16.6. The van der Waals surface area contributed by atoms with E-state index in [1.165, 1.54) is 30.0 Å². The van der Waals surface area contributed by atoms with Gasteiger partial charge < -0.3 is 20.2 Å². The van der Waals surface area contributed by atoms with Crippen molar-refractivity contribution in [3.05, 3.63) is 47.4 Å². The monoisotopic (exact) mass is 322 g/mol. The molecule has 1 rings (SSSR count). The molecule has 0 aliphatic rings. The maximum atomic E-state index is 12.0. The van der Waals surface area contributed by atoms with Crippen LogP contribution in [-0.4, -0.2) is 39.0 Å². The molecule has 0 aliphatic heterocycles. The number of hydrogen-bond donors (Lipinski definition) is 1. The minimum Gasteiger partial charge on any atom is -0.460 e. The smallest absolute Gasteiger partial charge is 0.346 e. The van der Waals surface area contributed by atoms with Crippen LogP contribution in [-0.2, 0) is 27.3 Å². The van der Waals surface area contributed by atoms with Crippen molar-refractivity contribution in [2.75, 3.05) is 6.61 Å². The number of esters is 1. The molecule has 1 N–H and O–H groups in total. The lowest BCUT2D eigenvalue weighted by molar-refractivity contribution is -0.392. The molecule has 1 aromatic rings. The number of carbonyl (C=O) groups excluding carboxylic acids is 2. The lowest BCUT2D eigenvalue weighted by Gasteiger charge is -2.15. The second-order valence-electron chi connectivity index (χ2n) is 4.59. The van der Waals surface area contributed by atoms with Gasteiger partial charge in [-0.1, -0.05) is 25.3 Å². The Hall–Kier alpha value is -2.97. The molecule has 1 atom stereocenters. The zero-order chi connectivity index (χ0) is 17.4. The third kappa shape index (κ3) is 5.06. The maximum absolute atomic E-state index is 12.0. The predicted molar refractivity (Wildman–Crippen MR) is 81.5 cm³/mol. The highest BCUT2D eigenvalue weighted by Gasteiger charge is 2.28. The van der Waals surface area contributed by atoms with Crippen LogP contribution in [0.15, 0.2) is 31.6 Å². The molecule has 124 valence electrons. The molecule has 0 bridgehead atoms. The fourth-order valence-corrected chi connectivity index (χ4v) is 1.92. The van der Waals surface area contributed by atoms with Crippen molar-refractivity contribution in [2.45, 2.75) is 25.9 Å². The number of ether oxygens (including phenoxy) is 1. The average Bonchev–Trinajstić information content (AvgIpc) is 2.86. The van der Waals surface area contributed by atoms with Crippen LogP contribution < -0.4 is 5.32 Å². The van der Waals surface area contributed by atoms with Gasteiger partial charge in [0.15, 0.2) is 6.33 Å². The average molecular weight is 322 g/mol. The summed E-state index contributed by atoms with van der Waals surface area (Å²) in [5.41, 5.74) is 0.0751. The Morgan fingerprint density at radius 1 is 1.52 bits per heavy atom. The van der Waals surface area contributed by atoms with E-state index in [0.29, 0.717) is 0 Å². The van der Waals surface area contributed by atoms with Crippen LogP contribution in [0.4, 0.5) is 5.82 Å². The van der Waals surface area contributed by atoms with Crippen molar-refractivity contribution in [1.82, 2.24) is 14.9 Å². The van der Waals surface area contributed by atoms with E-state index >= 15 is 0 Å². The van der Waals surface area contributed by atoms with Crippen molar-refractivity contribution < 1.29 is 19.2 Å². The normalized spacial score (nSPS) is 11.3. The van der Waals surface area contributed by atoms with Crippen LogP contribution in [0.1, 0.15) is 12.6 Å². The number of nitrogens with zero attached hydrogens (tertiary/aromatic N) is 3. The molecule has 23 heavy (non-hydrogen) atoms. The van der Waals surface area contributed by atoms with Gasteiger partial charge in [0.2, 0.25) is 5.91 Å². The molecule has 0 aromatic carbocycles. The Bertz CT molecular complexity index is 623. The number of nitro groups is 1. The second-order valence-corrected chi connectivity index (χ2v) is 4.59. The second kappa shape index (κ2) is 8.47. The topological polar surface area (TPSA) is 116 Å².